The molecule has 0 spiro atoms. The number of hydrogen-bond acceptors (Lipinski definition) is 9. The van der Waals surface area contributed by atoms with Gasteiger partial charge in [0.05, 0.1) is 22.2 Å². The maximum atomic E-state index is 11.4. The summed E-state index contributed by atoms with van der Waals surface area (Å²) >= 11 is 0. The van der Waals surface area contributed by atoms with Crippen molar-refractivity contribution in [2.24, 2.45) is 0 Å². The Morgan fingerprint density at radius 3 is 1.73 bits per heavy atom. The second-order valence-electron chi connectivity index (χ2n) is 13.2. The Labute approximate surface area is 278 Å². The molecular formula is C39H37N5O4. The zero-order chi connectivity index (χ0) is 33.5. The second kappa shape index (κ2) is 12.2. The summed E-state index contributed by atoms with van der Waals surface area (Å²) in [5.41, 5.74) is 4.95. The van der Waals surface area contributed by atoms with Crippen LogP contribution in [-0.4, -0.2) is 35.0 Å². The first-order chi connectivity index (χ1) is 23.1. The van der Waals surface area contributed by atoms with Gasteiger partial charge in [0.2, 0.25) is 11.8 Å². The summed E-state index contributed by atoms with van der Waals surface area (Å²) in [5.74, 6) is 0.889. The first-order valence-electron chi connectivity index (χ1n) is 15.9. The van der Waals surface area contributed by atoms with E-state index < -0.39 is 10.8 Å². The number of aromatic nitrogens is 4. The number of nitrogens with zero attached hydrogens (tertiary/aromatic N) is 5. The number of phenolic OH excluding ortho intramolecular Hbond substituents is 2. The SMILES string of the molecule is CC(C)(c1nc2ccccc2o1)c1cc(O)c(C(C)(C)c2nc3c(CN(Cc4ccccn4)Cc4ccccn4)cccc3o2)cc1O. The third-order valence-corrected chi connectivity index (χ3v) is 8.94. The number of phenols is 2. The number of hydrogen-bond donors (Lipinski definition) is 2. The lowest BCUT2D eigenvalue weighted by molar-refractivity contribution is 0.242. The molecule has 4 heterocycles. The number of fused-ring (bicyclic) bond motifs is 2. The fourth-order valence-electron chi connectivity index (χ4n) is 6.20. The lowest BCUT2D eigenvalue weighted by Gasteiger charge is -2.27. The van der Waals surface area contributed by atoms with Crippen LogP contribution in [0.5, 0.6) is 11.5 Å². The van der Waals surface area contributed by atoms with E-state index in [9.17, 15) is 10.2 Å². The Hall–Kier alpha value is -5.54. The van der Waals surface area contributed by atoms with Crippen molar-refractivity contribution < 1.29 is 19.0 Å². The van der Waals surface area contributed by atoms with Crippen molar-refractivity contribution in [3.05, 3.63) is 143 Å². The highest BCUT2D eigenvalue weighted by Gasteiger charge is 2.37. The lowest BCUT2D eigenvalue weighted by atomic mass is 9.78. The molecule has 0 unspecified atom stereocenters. The molecule has 0 fully saturated rings. The fourth-order valence-corrected chi connectivity index (χ4v) is 6.20. The number of pyridine rings is 2. The van der Waals surface area contributed by atoms with Crippen LogP contribution >= 0.6 is 0 Å². The standard InChI is InChI=1S/C39H37N5O4/c1-38(2,36-42-30-15-5-6-16-33(30)47-36)28-20-32(46)29(21-31(28)45)39(3,4)37-43-35-25(12-11-17-34(35)48-37)22-44(23-26-13-7-9-18-40-26)24-27-14-8-10-19-41-27/h5-21,45-46H,22-24H2,1-4H3. The van der Waals surface area contributed by atoms with E-state index in [-0.39, 0.29) is 11.5 Å². The van der Waals surface area contributed by atoms with Crippen molar-refractivity contribution in [1.82, 2.24) is 24.8 Å². The first-order valence-corrected chi connectivity index (χ1v) is 15.9. The molecule has 242 valence electrons. The minimum atomic E-state index is -0.889. The van der Waals surface area contributed by atoms with Crippen molar-refractivity contribution >= 4 is 22.2 Å². The monoisotopic (exact) mass is 639 g/mol. The van der Waals surface area contributed by atoms with E-state index in [1.807, 2.05) is 100 Å². The van der Waals surface area contributed by atoms with Crippen LogP contribution in [0.4, 0.5) is 0 Å². The zero-order valence-corrected chi connectivity index (χ0v) is 27.4. The topological polar surface area (TPSA) is 122 Å². The van der Waals surface area contributed by atoms with Gasteiger partial charge in [-0.1, -0.05) is 36.4 Å². The molecule has 48 heavy (non-hydrogen) atoms. The van der Waals surface area contributed by atoms with Gasteiger partial charge in [0.1, 0.15) is 22.5 Å². The molecule has 9 nitrogen and oxygen atoms in total. The average Bonchev–Trinajstić information content (AvgIpc) is 3.73. The number of rotatable bonds is 10. The van der Waals surface area contributed by atoms with Gasteiger partial charge in [-0.05, 0) is 87.9 Å². The van der Waals surface area contributed by atoms with Gasteiger partial charge < -0.3 is 19.0 Å². The molecule has 9 heteroatoms. The highest BCUT2D eigenvalue weighted by Crippen LogP contribution is 2.45. The maximum absolute atomic E-state index is 11.4. The van der Waals surface area contributed by atoms with E-state index in [2.05, 4.69) is 25.9 Å². The molecule has 2 N–H and O–H groups in total. The third kappa shape index (κ3) is 5.89. The molecule has 0 aliphatic carbocycles. The van der Waals surface area contributed by atoms with Crippen LogP contribution in [0.25, 0.3) is 22.2 Å². The molecule has 7 rings (SSSR count). The Balaban J connectivity index is 1.21. The smallest absolute Gasteiger partial charge is 0.205 e. The van der Waals surface area contributed by atoms with Crippen molar-refractivity contribution in [1.29, 1.82) is 0 Å². The summed E-state index contributed by atoms with van der Waals surface area (Å²) in [5, 5.41) is 22.8. The first kappa shape index (κ1) is 31.1. The predicted molar refractivity (Wildman–Crippen MR) is 183 cm³/mol. The highest BCUT2D eigenvalue weighted by atomic mass is 16.4. The Bertz CT molecular complexity index is 2130. The van der Waals surface area contributed by atoms with Gasteiger partial charge in [-0.2, -0.15) is 0 Å². The van der Waals surface area contributed by atoms with Gasteiger partial charge >= 0.3 is 0 Å². The predicted octanol–water partition coefficient (Wildman–Crippen LogP) is 8.02. The zero-order valence-electron chi connectivity index (χ0n) is 27.4. The van der Waals surface area contributed by atoms with E-state index >= 15 is 0 Å². The number of oxazole rings is 2. The molecule has 0 aliphatic rings. The van der Waals surface area contributed by atoms with E-state index in [1.54, 1.807) is 24.5 Å². The van der Waals surface area contributed by atoms with Gasteiger partial charge in [0, 0.05) is 43.2 Å². The lowest BCUT2D eigenvalue weighted by Crippen LogP contribution is -2.24. The Morgan fingerprint density at radius 1 is 0.604 bits per heavy atom. The van der Waals surface area contributed by atoms with Crippen molar-refractivity contribution in [2.45, 2.75) is 58.2 Å². The van der Waals surface area contributed by atoms with E-state index in [0.717, 1.165) is 28.0 Å². The summed E-state index contributed by atoms with van der Waals surface area (Å²) < 4.78 is 12.4. The molecule has 0 radical (unpaired) electrons. The van der Waals surface area contributed by atoms with Crippen LogP contribution in [0.2, 0.25) is 0 Å². The largest absolute Gasteiger partial charge is 0.508 e. The molecule has 0 amide bonds. The fraction of sp³-hybridized carbons (Fsp3) is 0.231. The normalized spacial score (nSPS) is 12.4. The molecule has 0 bridgehead atoms. The Morgan fingerprint density at radius 2 is 1.15 bits per heavy atom. The van der Waals surface area contributed by atoms with Gasteiger partial charge in [-0.25, -0.2) is 9.97 Å². The van der Waals surface area contributed by atoms with Crippen LogP contribution in [-0.2, 0) is 30.5 Å². The molecular weight excluding hydrogens is 602 g/mol. The van der Waals surface area contributed by atoms with Gasteiger partial charge in [-0.15, -0.1) is 0 Å². The van der Waals surface area contributed by atoms with Crippen LogP contribution in [0.15, 0.2) is 112 Å². The summed E-state index contributed by atoms with van der Waals surface area (Å²) in [7, 11) is 0. The average molecular weight is 640 g/mol. The van der Waals surface area contributed by atoms with Gasteiger partial charge in [0.15, 0.2) is 11.2 Å². The quantitative estimate of drug-likeness (QED) is 0.143. The summed E-state index contributed by atoms with van der Waals surface area (Å²) in [4.78, 5) is 21.0. The molecule has 4 aromatic heterocycles. The minimum Gasteiger partial charge on any atom is -0.508 e. The molecule has 0 saturated heterocycles. The number of para-hydroxylation sites is 3. The Kier molecular flexibility index (Phi) is 7.93. The van der Waals surface area contributed by atoms with Crippen LogP contribution in [0.3, 0.4) is 0 Å². The van der Waals surface area contributed by atoms with Crippen molar-refractivity contribution in [3.8, 4) is 11.5 Å². The summed E-state index contributed by atoms with van der Waals surface area (Å²) in [6.07, 6.45) is 3.61. The van der Waals surface area contributed by atoms with E-state index in [1.165, 1.54) is 0 Å². The summed E-state index contributed by atoms with van der Waals surface area (Å²) in [6, 6.07) is 28.5. The minimum absolute atomic E-state index is 0.0105. The van der Waals surface area contributed by atoms with Crippen LogP contribution in [0.1, 0.15) is 67.6 Å². The van der Waals surface area contributed by atoms with Crippen molar-refractivity contribution in [3.63, 3.8) is 0 Å². The van der Waals surface area contributed by atoms with Crippen molar-refractivity contribution in [2.75, 3.05) is 0 Å². The highest BCUT2D eigenvalue weighted by molar-refractivity contribution is 5.77. The summed E-state index contributed by atoms with van der Waals surface area (Å²) in [6.45, 7) is 9.50. The molecule has 0 saturated carbocycles. The third-order valence-electron chi connectivity index (χ3n) is 8.94. The van der Waals surface area contributed by atoms with E-state index in [0.29, 0.717) is 53.7 Å². The van der Waals surface area contributed by atoms with Gasteiger partial charge in [-0.3, -0.25) is 14.9 Å². The van der Waals surface area contributed by atoms with E-state index in [4.69, 9.17) is 13.8 Å². The second-order valence-corrected chi connectivity index (χ2v) is 13.2. The number of aromatic hydroxyl groups is 2. The molecule has 0 atom stereocenters. The van der Waals surface area contributed by atoms with Gasteiger partial charge in [0.25, 0.3) is 0 Å². The van der Waals surface area contributed by atoms with Crippen LogP contribution in [0, 0.1) is 0 Å². The maximum Gasteiger partial charge on any atom is 0.205 e. The molecule has 0 aliphatic heterocycles. The van der Waals surface area contributed by atoms with Crippen LogP contribution < -0.4 is 0 Å². The molecule has 3 aromatic carbocycles. The molecule has 7 aromatic rings. The number of benzene rings is 3.